The first-order chi connectivity index (χ1) is 13.9. The molecule has 3 rings (SSSR count). The first-order valence-electron chi connectivity index (χ1n) is 9.44. The Hall–Kier alpha value is -2.35. The lowest BCUT2D eigenvalue weighted by atomic mass is 10.2. The zero-order valence-electron chi connectivity index (χ0n) is 16.0. The van der Waals surface area contributed by atoms with Crippen LogP contribution < -0.4 is 9.62 Å². The van der Waals surface area contributed by atoms with Gasteiger partial charge in [-0.15, -0.1) is 0 Å². The molecular weight excluding hydrogens is 410 g/mol. The predicted octanol–water partition coefficient (Wildman–Crippen LogP) is 2.97. The number of hydrogen-bond donors (Lipinski definition) is 1. The third kappa shape index (κ3) is 6.59. The summed E-state index contributed by atoms with van der Waals surface area (Å²) in [6, 6.07) is 16.8. The molecule has 0 spiro atoms. The number of carbonyl (C=O) groups is 1. The lowest BCUT2D eigenvalue weighted by molar-refractivity contribution is -0.131. The highest BCUT2D eigenvalue weighted by Crippen LogP contribution is 2.20. The van der Waals surface area contributed by atoms with Gasteiger partial charge in [0, 0.05) is 55.3 Å². The fourth-order valence-corrected chi connectivity index (χ4v) is 4.13. The van der Waals surface area contributed by atoms with E-state index in [0.717, 1.165) is 29.7 Å². The Morgan fingerprint density at radius 2 is 1.76 bits per heavy atom. The van der Waals surface area contributed by atoms with Crippen LogP contribution in [-0.4, -0.2) is 51.9 Å². The van der Waals surface area contributed by atoms with Crippen LogP contribution in [0.3, 0.4) is 0 Å². The Bertz CT molecular complexity index is 956. The van der Waals surface area contributed by atoms with Gasteiger partial charge >= 0.3 is 0 Å². The molecule has 0 atom stereocenters. The van der Waals surface area contributed by atoms with E-state index in [9.17, 15) is 13.2 Å². The minimum Gasteiger partial charge on any atom is -0.368 e. The first-order valence-corrected chi connectivity index (χ1v) is 11.4. The molecule has 1 aliphatic rings. The highest BCUT2D eigenvalue weighted by Gasteiger charge is 2.21. The van der Waals surface area contributed by atoms with Crippen LogP contribution in [0, 0.1) is 0 Å². The standard InChI is InChI=1S/C21H24ClN3O3S/c22-19-7-4-8-20(17-19)24-12-14-25(15-13-24)21(26)9-11-23-29(27,28)16-10-18-5-2-1-3-6-18/h1-8,10,16-17,23H,9,11-15H2/b16-10+. The molecule has 1 aliphatic heterocycles. The van der Waals surface area contributed by atoms with Crippen molar-refractivity contribution in [2.24, 2.45) is 0 Å². The molecule has 2 aromatic rings. The van der Waals surface area contributed by atoms with Gasteiger partial charge in [-0.1, -0.05) is 48.0 Å². The van der Waals surface area contributed by atoms with Crippen molar-refractivity contribution in [2.45, 2.75) is 6.42 Å². The van der Waals surface area contributed by atoms with Crippen molar-refractivity contribution in [3.05, 3.63) is 70.6 Å². The third-order valence-corrected chi connectivity index (χ3v) is 6.02. The quantitative estimate of drug-likeness (QED) is 0.728. The minimum atomic E-state index is -3.58. The fraction of sp³-hybridized carbons (Fsp3) is 0.286. The Morgan fingerprint density at radius 1 is 1.03 bits per heavy atom. The number of anilines is 1. The van der Waals surface area contributed by atoms with E-state index in [4.69, 9.17) is 11.6 Å². The largest absolute Gasteiger partial charge is 0.368 e. The summed E-state index contributed by atoms with van der Waals surface area (Å²) in [6.45, 7) is 2.72. The maximum absolute atomic E-state index is 12.4. The number of amides is 1. The molecular formula is C21H24ClN3O3S. The van der Waals surface area contributed by atoms with Gasteiger partial charge in [0.25, 0.3) is 0 Å². The van der Waals surface area contributed by atoms with Crippen LogP contribution >= 0.6 is 11.6 Å². The SMILES string of the molecule is O=C(CCNS(=O)(=O)/C=C/c1ccccc1)N1CCN(c2cccc(Cl)c2)CC1. The van der Waals surface area contributed by atoms with E-state index < -0.39 is 10.0 Å². The summed E-state index contributed by atoms with van der Waals surface area (Å²) in [7, 11) is -3.58. The number of benzene rings is 2. The normalized spacial score (nSPS) is 15.1. The zero-order valence-corrected chi connectivity index (χ0v) is 17.6. The van der Waals surface area contributed by atoms with Gasteiger partial charge in [0.1, 0.15) is 0 Å². The molecule has 0 saturated carbocycles. The lowest BCUT2D eigenvalue weighted by Crippen LogP contribution is -2.49. The number of hydrogen-bond acceptors (Lipinski definition) is 4. The molecule has 0 radical (unpaired) electrons. The van der Waals surface area contributed by atoms with E-state index >= 15 is 0 Å². The molecule has 1 N–H and O–H groups in total. The van der Waals surface area contributed by atoms with Crippen molar-refractivity contribution in [2.75, 3.05) is 37.6 Å². The summed E-state index contributed by atoms with van der Waals surface area (Å²) in [5.41, 5.74) is 1.84. The summed E-state index contributed by atoms with van der Waals surface area (Å²) < 4.78 is 26.6. The molecule has 1 saturated heterocycles. The number of rotatable bonds is 7. The van der Waals surface area contributed by atoms with Crippen molar-refractivity contribution in [3.63, 3.8) is 0 Å². The van der Waals surface area contributed by atoms with Crippen LogP contribution in [0.5, 0.6) is 0 Å². The predicted molar refractivity (Wildman–Crippen MR) is 117 cm³/mol. The van der Waals surface area contributed by atoms with Gasteiger partial charge in [-0.2, -0.15) is 0 Å². The molecule has 0 aromatic heterocycles. The number of halogens is 1. The minimum absolute atomic E-state index is 0.0505. The van der Waals surface area contributed by atoms with Crippen LogP contribution in [0.1, 0.15) is 12.0 Å². The van der Waals surface area contributed by atoms with Gasteiger partial charge in [-0.25, -0.2) is 13.1 Å². The molecule has 6 nitrogen and oxygen atoms in total. The topological polar surface area (TPSA) is 69.7 Å². The van der Waals surface area contributed by atoms with E-state index in [1.54, 1.807) is 4.90 Å². The van der Waals surface area contributed by atoms with E-state index in [2.05, 4.69) is 9.62 Å². The molecule has 154 valence electrons. The maximum Gasteiger partial charge on any atom is 0.233 e. The Kier molecular flexibility index (Phi) is 7.30. The zero-order chi connectivity index (χ0) is 20.7. The summed E-state index contributed by atoms with van der Waals surface area (Å²) in [6.07, 6.45) is 1.66. The van der Waals surface area contributed by atoms with Gasteiger partial charge in [0.15, 0.2) is 0 Å². The summed E-state index contributed by atoms with van der Waals surface area (Å²) in [4.78, 5) is 16.4. The average Bonchev–Trinajstić information content (AvgIpc) is 2.73. The molecule has 1 heterocycles. The van der Waals surface area contributed by atoms with Crippen LogP contribution in [-0.2, 0) is 14.8 Å². The second-order valence-electron chi connectivity index (χ2n) is 6.75. The highest BCUT2D eigenvalue weighted by molar-refractivity contribution is 7.92. The molecule has 1 amide bonds. The molecule has 8 heteroatoms. The number of sulfonamides is 1. The summed E-state index contributed by atoms with van der Waals surface area (Å²) in [5, 5.41) is 1.81. The molecule has 2 aromatic carbocycles. The Morgan fingerprint density at radius 3 is 2.45 bits per heavy atom. The number of nitrogens with one attached hydrogen (secondary N) is 1. The number of carbonyl (C=O) groups excluding carboxylic acids is 1. The molecule has 0 unspecified atom stereocenters. The smallest absolute Gasteiger partial charge is 0.233 e. The first kappa shape index (κ1) is 21.4. The van der Waals surface area contributed by atoms with Gasteiger partial charge in [0.05, 0.1) is 0 Å². The molecule has 0 aliphatic carbocycles. The van der Waals surface area contributed by atoms with Gasteiger partial charge in [0.2, 0.25) is 15.9 Å². The lowest BCUT2D eigenvalue weighted by Gasteiger charge is -2.36. The molecule has 0 bridgehead atoms. The highest BCUT2D eigenvalue weighted by atomic mass is 35.5. The van der Waals surface area contributed by atoms with Crippen LogP contribution in [0.25, 0.3) is 6.08 Å². The fourth-order valence-electron chi connectivity index (χ4n) is 3.13. The number of piperazine rings is 1. The average molecular weight is 434 g/mol. The van der Waals surface area contributed by atoms with Crippen LogP contribution in [0.2, 0.25) is 5.02 Å². The number of nitrogens with zero attached hydrogens (tertiary/aromatic N) is 2. The van der Waals surface area contributed by atoms with E-state index in [0.29, 0.717) is 18.1 Å². The van der Waals surface area contributed by atoms with Gasteiger partial charge in [-0.05, 0) is 29.8 Å². The molecule has 1 fully saturated rings. The van der Waals surface area contributed by atoms with Crippen molar-refractivity contribution >= 4 is 39.3 Å². The maximum atomic E-state index is 12.4. The molecule has 29 heavy (non-hydrogen) atoms. The summed E-state index contributed by atoms with van der Waals surface area (Å²) in [5.74, 6) is -0.0505. The van der Waals surface area contributed by atoms with Crippen molar-refractivity contribution in [1.82, 2.24) is 9.62 Å². The Balaban J connectivity index is 1.42. The van der Waals surface area contributed by atoms with Crippen molar-refractivity contribution < 1.29 is 13.2 Å². The monoisotopic (exact) mass is 433 g/mol. The van der Waals surface area contributed by atoms with Crippen LogP contribution in [0.15, 0.2) is 60.0 Å². The van der Waals surface area contributed by atoms with Crippen molar-refractivity contribution in [3.8, 4) is 0 Å². The van der Waals surface area contributed by atoms with Gasteiger partial charge < -0.3 is 9.80 Å². The van der Waals surface area contributed by atoms with Gasteiger partial charge in [-0.3, -0.25) is 4.79 Å². The Labute approximate surface area is 176 Å². The van der Waals surface area contributed by atoms with Crippen molar-refractivity contribution in [1.29, 1.82) is 0 Å². The van der Waals surface area contributed by atoms with E-state index in [1.807, 2.05) is 54.6 Å². The van der Waals surface area contributed by atoms with E-state index in [-0.39, 0.29) is 18.9 Å². The third-order valence-electron chi connectivity index (χ3n) is 4.69. The van der Waals surface area contributed by atoms with Crippen LogP contribution in [0.4, 0.5) is 5.69 Å². The summed E-state index contributed by atoms with van der Waals surface area (Å²) >= 11 is 6.04. The second kappa shape index (κ2) is 9.91. The van der Waals surface area contributed by atoms with E-state index in [1.165, 1.54) is 6.08 Å². The second-order valence-corrected chi connectivity index (χ2v) is 8.84.